The number of H-pyrrole nitrogens is 1. The first-order chi connectivity index (χ1) is 14.1. The predicted molar refractivity (Wildman–Crippen MR) is 112 cm³/mol. The Kier molecular flexibility index (Phi) is 4.58. The molecule has 3 atom stereocenters. The van der Waals surface area contributed by atoms with Gasteiger partial charge in [-0.15, -0.1) is 0 Å². The first kappa shape index (κ1) is 18.3. The highest BCUT2D eigenvalue weighted by Gasteiger charge is 2.41. The number of hydrogen-bond acceptors (Lipinski definition) is 6. The minimum atomic E-state index is -0.260. The number of rotatable bonds is 5. The van der Waals surface area contributed by atoms with Crippen molar-refractivity contribution in [3.8, 4) is 0 Å². The van der Waals surface area contributed by atoms with Crippen molar-refractivity contribution in [1.82, 2.24) is 25.1 Å². The minimum Gasteiger partial charge on any atom is -0.383 e. The highest BCUT2D eigenvalue weighted by molar-refractivity contribution is 5.90. The molecule has 8 heteroatoms. The van der Waals surface area contributed by atoms with E-state index in [1.807, 2.05) is 25.1 Å². The van der Waals surface area contributed by atoms with Gasteiger partial charge in [0.25, 0.3) is 0 Å². The Morgan fingerprint density at radius 1 is 1.17 bits per heavy atom. The molecule has 0 amide bonds. The summed E-state index contributed by atoms with van der Waals surface area (Å²) in [4.78, 5) is 11.8. The van der Waals surface area contributed by atoms with Crippen molar-refractivity contribution in [1.29, 1.82) is 0 Å². The van der Waals surface area contributed by atoms with E-state index in [0.717, 1.165) is 35.1 Å². The number of nitrogens with two attached hydrogens (primary N) is 1. The third-order valence-electron chi connectivity index (χ3n) is 6.34. The summed E-state index contributed by atoms with van der Waals surface area (Å²) in [6.45, 7) is 2.25. The van der Waals surface area contributed by atoms with Gasteiger partial charge < -0.3 is 11.1 Å². The number of nitrogens with zero attached hydrogens (tertiary/aromatic N) is 4. The number of nitrogens with one attached hydrogen (secondary N) is 2. The van der Waals surface area contributed by atoms with Crippen LogP contribution in [-0.2, 0) is 0 Å². The monoisotopic (exact) mass is 395 g/mol. The summed E-state index contributed by atoms with van der Waals surface area (Å²) in [5, 5.41) is 11.1. The van der Waals surface area contributed by atoms with E-state index in [1.165, 1.54) is 12.8 Å². The number of anilines is 3. The lowest BCUT2D eigenvalue weighted by Crippen LogP contribution is -2.43. The highest BCUT2D eigenvalue weighted by atomic mass is 19.1. The number of fused-ring (bicyclic) bond motifs is 3. The van der Waals surface area contributed by atoms with Gasteiger partial charge in [0.1, 0.15) is 18.3 Å². The van der Waals surface area contributed by atoms with Crippen LogP contribution in [0.25, 0.3) is 10.9 Å². The number of pyridine rings is 2. The average molecular weight is 395 g/mol. The zero-order chi connectivity index (χ0) is 20.0. The number of aromatic nitrogens is 4. The van der Waals surface area contributed by atoms with Crippen molar-refractivity contribution >= 4 is 28.4 Å². The van der Waals surface area contributed by atoms with Gasteiger partial charge in [0.05, 0.1) is 5.52 Å². The van der Waals surface area contributed by atoms with Gasteiger partial charge in [-0.1, -0.05) is 0 Å². The maximum atomic E-state index is 12.9. The Balaban J connectivity index is 1.42. The summed E-state index contributed by atoms with van der Waals surface area (Å²) in [6.07, 6.45) is 4.44. The molecular formula is C21H26FN7. The van der Waals surface area contributed by atoms with Gasteiger partial charge in [0.2, 0.25) is 0 Å². The van der Waals surface area contributed by atoms with Gasteiger partial charge >= 0.3 is 0 Å². The van der Waals surface area contributed by atoms with Crippen molar-refractivity contribution in [2.24, 2.45) is 0 Å². The molecule has 4 N–H and O–H groups in total. The van der Waals surface area contributed by atoms with Crippen molar-refractivity contribution in [3.05, 3.63) is 35.7 Å². The summed E-state index contributed by atoms with van der Waals surface area (Å²) < 4.78 is 12.9. The van der Waals surface area contributed by atoms with E-state index < -0.39 is 0 Å². The molecule has 7 nitrogen and oxygen atoms in total. The van der Waals surface area contributed by atoms with Crippen molar-refractivity contribution in [2.75, 3.05) is 24.3 Å². The minimum absolute atomic E-state index is 0.260. The molecule has 0 radical (unpaired) electrons. The standard InChI is InChI=1S/C21H26FN7/c1-12-8-20(28-27-12)25-19-11-18-16(21(23)26-19)4-5-17(24-18)13-9-14-2-3-15(10-13)29(14)7-6-22/h4-5,8,11,13-15H,2-3,6-7,9-10H2,1H3,(H4,23,25,26,27,28)/t13-,14+,15-. The first-order valence-corrected chi connectivity index (χ1v) is 10.3. The van der Waals surface area contributed by atoms with E-state index in [0.29, 0.717) is 42.0 Å². The van der Waals surface area contributed by atoms with E-state index in [2.05, 4.69) is 31.5 Å². The summed E-state index contributed by atoms with van der Waals surface area (Å²) >= 11 is 0. The van der Waals surface area contributed by atoms with Crippen LogP contribution in [0.3, 0.4) is 0 Å². The topological polar surface area (TPSA) is 95.8 Å². The van der Waals surface area contributed by atoms with E-state index in [-0.39, 0.29) is 6.67 Å². The Morgan fingerprint density at radius 3 is 2.66 bits per heavy atom. The lowest BCUT2D eigenvalue weighted by Gasteiger charge is -2.38. The van der Waals surface area contributed by atoms with Crippen molar-refractivity contribution in [3.63, 3.8) is 0 Å². The Morgan fingerprint density at radius 2 is 1.97 bits per heavy atom. The zero-order valence-electron chi connectivity index (χ0n) is 16.5. The first-order valence-electron chi connectivity index (χ1n) is 10.3. The van der Waals surface area contributed by atoms with Crippen LogP contribution in [-0.4, -0.2) is 50.4 Å². The summed E-state index contributed by atoms with van der Waals surface area (Å²) in [7, 11) is 0. The SMILES string of the molecule is Cc1cc(Nc2cc3nc([C@H]4C[C@H]5CC[C@@H](C4)N5CCF)ccc3c(N)n2)n[nH]1. The molecule has 2 aliphatic rings. The molecule has 5 rings (SSSR count). The highest BCUT2D eigenvalue weighted by Crippen LogP contribution is 2.42. The number of halogens is 1. The van der Waals surface area contributed by atoms with Gasteiger partial charge in [-0.25, -0.2) is 9.37 Å². The molecule has 3 aromatic rings. The average Bonchev–Trinajstić information content (AvgIpc) is 3.20. The van der Waals surface area contributed by atoms with Crippen LogP contribution >= 0.6 is 0 Å². The quantitative estimate of drug-likeness (QED) is 0.610. The smallest absolute Gasteiger partial charge is 0.153 e. The van der Waals surface area contributed by atoms with Crippen LogP contribution in [0.15, 0.2) is 24.3 Å². The molecular weight excluding hydrogens is 369 g/mol. The Bertz CT molecular complexity index is 1020. The molecule has 2 fully saturated rings. The van der Waals surface area contributed by atoms with Crippen LogP contribution in [0.1, 0.15) is 43.0 Å². The largest absolute Gasteiger partial charge is 0.383 e. The lowest BCUT2D eigenvalue weighted by atomic mass is 9.87. The number of hydrogen-bond donors (Lipinski definition) is 3. The molecule has 2 bridgehead atoms. The number of aryl methyl sites for hydroxylation is 1. The fraction of sp³-hybridized carbons (Fsp3) is 0.476. The number of aromatic amines is 1. The van der Waals surface area contributed by atoms with Gasteiger partial charge in [0, 0.05) is 53.5 Å². The summed E-state index contributed by atoms with van der Waals surface area (Å²) in [6, 6.07) is 8.90. The van der Waals surface area contributed by atoms with Gasteiger partial charge in [-0.3, -0.25) is 15.0 Å². The lowest BCUT2D eigenvalue weighted by molar-refractivity contribution is 0.117. The molecule has 5 heterocycles. The molecule has 2 saturated heterocycles. The maximum absolute atomic E-state index is 12.9. The van der Waals surface area contributed by atoms with E-state index >= 15 is 0 Å². The molecule has 0 unspecified atom stereocenters. The molecule has 3 aromatic heterocycles. The van der Waals surface area contributed by atoms with Gasteiger partial charge in [0.15, 0.2) is 5.82 Å². The van der Waals surface area contributed by atoms with Crippen LogP contribution in [0.5, 0.6) is 0 Å². The second-order valence-corrected chi connectivity index (χ2v) is 8.24. The van der Waals surface area contributed by atoms with Crippen LogP contribution < -0.4 is 11.1 Å². The molecule has 0 spiro atoms. The normalized spacial score (nSPS) is 24.3. The third-order valence-corrected chi connectivity index (χ3v) is 6.34. The Hall–Kier alpha value is -2.74. The predicted octanol–water partition coefficient (Wildman–Crippen LogP) is 3.67. The third kappa shape index (κ3) is 3.42. The number of piperidine rings is 1. The summed E-state index contributed by atoms with van der Waals surface area (Å²) in [5.74, 6) is 2.19. The number of nitrogen functional groups attached to an aromatic ring is 1. The van der Waals surface area contributed by atoms with E-state index in [1.54, 1.807) is 0 Å². The molecule has 0 aliphatic carbocycles. The maximum Gasteiger partial charge on any atom is 0.153 e. The van der Waals surface area contributed by atoms with Crippen LogP contribution in [0.2, 0.25) is 0 Å². The second kappa shape index (κ2) is 7.26. The van der Waals surface area contributed by atoms with Crippen LogP contribution in [0, 0.1) is 6.92 Å². The van der Waals surface area contributed by atoms with E-state index in [4.69, 9.17) is 10.7 Å². The Labute approximate surface area is 168 Å². The van der Waals surface area contributed by atoms with Gasteiger partial charge in [-0.05, 0) is 44.7 Å². The van der Waals surface area contributed by atoms with Crippen molar-refractivity contribution < 1.29 is 4.39 Å². The fourth-order valence-electron chi connectivity index (χ4n) is 5.05. The molecule has 0 saturated carbocycles. The molecule has 2 aliphatic heterocycles. The van der Waals surface area contributed by atoms with E-state index in [9.17, 15) is 4.39 Å². The summed E-state index contributed by atoms with van der Waals surface area (Å²) in [5.41, 5.74) is 9.09. The molecule has 0 aromatic carbocycles. The molecule has 152 valence electrons. The van der Waals surface area contributed by atoms with Crippen molar-refractivity contribution in [2.45, 2.75) is 50.6 Å². The molecule has 29 heavy (non-hydrogen) atoms. The zero-order valence-corrected chi connectivity index (χ0v) is 16.5. The van der Waals surface area contributed by atoms with Crippen LogP contribution in [0.4, 0.5) is 21.8 Å². The van der Waals surface area contributed by atoms with Gasteiger partial charge in [-0.2, -0.15) is 5.10 Å². The fourth-order valence-corrected chi connectivity index (χ4v) is 5.05. The number of alkyl halides is 1. The second-order valence-electron chi connectivity index (χ2n) is 8.24.